The van der Waals surface area contributed by atoms with Crippen LogP contribution in [0.5, 0.6) is 17.4 Å². The quantitative estimate of drug-likeness (QED) is 0.354. The molecule has 1 aliphatic rings. The molecule has 1 saturated heterocycles. The highest BCUT2D eigenvalue weighted by atomic mass is 16.5. The third-order valence-corrected chi connectivity index (χ3v) is 6.29. The predicted molar refractivity (Wildman–Crippen MR) is 139 cm³/mol. The Balaban J connectivity index is 1.22. The maximum atomic E-state index is 6.15. The molecule has 0 amide bonds. The second kappa shape index (κ2) is 9.43. The Morgan fingerprint density at radius 3 is 2.75 bits per heavy atom. The van der Waals surface area contributed by atoms with Gasteiger partial charge in [0.05, 0.1) is 11.0 Å². The Hall–Kier alpha value is -4.24. The van der Waals surface area contributed by atoms with Crippen molar-refractivity contribution in [2.75, 3.05) is 18.4 Å². The molecule has 1 aliphatic heterocycles. The summed E-state index contributed by atoms with van der Waals surface area (Å²) >= 11 is 0. The lowest BCUT2D eigenvalue weighted by molar-refractivity contribution is 0.156. The van der Waals surface area contributed by atoms with Crippen LogP contribution in [0.2, 0.25) is 0 Å². The molecule has 0 spiro atoms. The van der Waals surface area contributed by atoms with Gasteiger partial charge in [0.1, 0.15) is 29.4 Å². The van der Waals surface area contributed by atoms with E-state index in [4.69, 9.17) is 14.5 Å². The Morgan fingerprint density at radius 1 is 1.00 bits per heavy atom. The van der Waals surface area contributed by atoms with Gasteiger partial charge in [0.2, 0.25) is 5.88 Å². The van der Waals surface area contributed by atoms with E-state index < -0.39 is 0 Å². The van der Waals surface area contributed by atoms with Crippen molar-refractivity contribution in [1.29, 1.82) is 0 Å². The molecule has 5 aromatic rings. The molecule has 6 rings (SSSR count). The number of aromatic nitrogens is 5. The van der Waals surface area contributed by atoms with Gasteiger partial charge in [0.25, 0.3) is 0 Å². The van der Waals surface area contributed by atoms with E-state index in [0.717, 1.165) is 65.1 Å². The van der Waals surface area contributed by atoms with Gasteiger partial charge >= 0.3 is 0 Å². The van der Waals surface area contributed by atoms with Crippen LogP contribution in [-0.2, 0) is 7.05 Å². The second-order valence-electron chi connectivity index (χ2n) is 9.04. The van der Waals surface area contributed by atoms with Gasteiger partial charge < -0.3 is 20.1 Å². The van der Waals surface area contributed by atoms with Gasteiger partial charge in [0.15, 0.2) is 5.82 Å². The molecular formula is C27H27N7O2. The number of hydrogen-bond acceptors (Lipinski definition) is 8. The first-order valence-corrected chi connectivity index (χ1v) is 12.1. The first-order chi connectivity index (χ1) is 17.6. The fourth-order valence-corrected chi connectivity index (χ4v) is 4.45. The largest absolute Gasteiger partial charge is 0.474 e. The second-order valence-corrected chi connectivity index (χ2v) is 9.04. The molecule has 2 aromatic carbocycles. The van der Waals surface area contributed by atoms with Crippen molar-refractivity contribution in [3.63, 3.8) is 0 Å². The number of aryl methyl sites for hydroxylation is 2. The van der Waals surface area contributed by atoms with Crippen LogP contribution in [0.3, 0.4) is 0 Å². The molecule has 182 valence electrons. The summed E-state index contributed by atoms with van der Waals surface area (Å²) in [6.45, 7) is 3.94. The standard InChI is InChI=1S/C27H27N7O2/c1-17-13-19(4-7-24(17)35-21-5-3-18-15-34(2)33-23(18)14-21)31-27-26-22(29-16-30-27)6-8-25(32-26)36-20-9-11-28-12-10-20/h3-8,13-16,20,28H,9-12H2,1-2H3,(H,29,30,31). The van der Waals surface area contributed by atoms with E-state index in [2.05, 4.69) is 25.7 Å². The molecule has 36 heavy (non-hydrogen) atoms. The highest BCUT2D eigenvalue weighted by molar-refractivity contribution is 5.87. The summed E-state index contributed by atoms with van der Waals surface area (Å²) in [5.74, 6) is 2.75. The number of pyridine rings is 1. The third-order valence-electron chi connectivity index (χ3n) is 6.29. The Morgan fingerprint density at radius 2 is 1.89 bits per heavy atom. The number of piperidine rings is 1. The van der Waals surface area contributed by atoms with Gasteiger partial charge in [-0.15, -0.1) is 0 Å². The summed E-state index contributed by atoms with van der Waals surface area (Å²) in [6.07, 6.45) is 5.64. The fourth-order valence-electron chi connectivity index (χ4n) is 4.45. The number of hydrogen-bond donors (Lipinski definition) is 2. The summed E-state index contributed by atoms with van der Waals surface area (Å²) in [5, 5.41) is 12.3. The average molecular weight is 482 g/mol. The molecule has 1 fully saturated rings. The van der Waals surface area contributed by atoms with Crippen molar-refractivity contribution in [1.82, 2.24) is 30.0 Å². The van der Waals surface area contributed by atoms with Gasteiger partial charge in [-0.05, 0) is 74.8 Å². The summed E-state index contributed by atoms with van der Waals surface area (Å²) < 4.78 is 14.1. The monoisotopic (exact) mass is 481 g/mol. The molecule has 3 aromatic heterocycles. The molecule has 9 nitrogen and oxygen atoms in total. The fraction of sp³-hybridized carbons (Fsp3) is 0.259. The van der Waals surface area contributed by atoms with Gasteiger partial charge in [-0.2, -0.15) is 5.10 Å². The maximum absolute atomic E-state index is 6.15. The zero-order valence-corrected chi connectivity index (χ0v) is 20.2. The highest BCUT2D eigenvalue weighted by Crippen LogP contribution is 2.31. The van der Waals surface area contributed by atoms with Crippen LogP contribution < -0.4 is 20.1 Å². The van der Waals surface area contributed by atoms with E-state index in [1.54, 1.807) is 4.68 Å². The molecule has 0 bridgehead atoms. The van der Waals surface area contributed by atoms with Crippen molar-refractivity contribution < 1.29 is 9.47 Å². The van der Waals surface area contributed by atoms with Gasteiger partial charge in [-0.3, -0.25) is 4.68 Å². The van der Waals surface area contributed by atoms with E-state index in [-0.39, 0.29) is 6.10 Å². The third kappa shape index (κ3) is 4.65. The van der Waals surface area contributed by atoms with Crippen molar-refractivity contribution >= 4 is 33.4 Å². The van der Waals surface area contributed by atoms with E-state index in [0.29, 0.717) is 17.2 Å². The lowest BCUT2D eigenvalue weighted by Gasteiger charge is -2.23. The van der Waals surface area contributed by atoms with E-state index in [1.165, 1.54) is 6.33 Å². The first-order valence-electron chi connectivity index (χ1n) is 12.1. The normalized spacial score (nSPS) is 14.3. The number of benzene rings is 2. The van der Waals surface area contributed by atoms with Crippen LogP contribution >= 0.6 is 0 Å². The zero-order valence-electron chi connectivity index (χ0n) is 20.2. The minimum Gasteiger partial charge on any atom is -0.474 e. The van der Waals surface area contributed by atoms with Crippen molar-refractivity contribution in [3.8, 4) is 17.4 Å². The minimum absolute atomic E-state index is 0.172. The van der Waals surface area contributed by atoms with Gasteiger partial charge in [-0.25, -0.2) is 15.0 Å². The number of anilines is 2. The highest BCUT2D eigenvalue weighted by Gasteiger charge is 2.16. The molecule has 4 heterocycles. The molecule has 0 radical (unpaired) electrons. The van der Waals surface area contributed by atoms with Crippen molar-refractivity contribution in [2.45, 2.75) is 25.9 Å². The van der Waals surface area contributed by atoms with Crippen LogP contribution in [0.25, 0.3) is 21.9 Å². The zero-order chi connectivity index (χ0) is 24.5. The number of rotatable bonds is 6. The van der Waals surface area contributed by atoms with Crippen molar-refractivity contribution in [2.24, 2.45) is 7.05 Å². The number of ether oxygens (including phenoxy) is 2. The molecule has 0 atom stereocenters. The summed E-state index contributed by atoms with van der Waals surface area (Å²) in [5.41, 5.74) is 4.20. The lowest BCUT2D eigenvalue weighted by Crippen LogP contribution is -2.34. The maximum Gasteiger partial charge on any atom is 0.214 e. The van der Waals surface area contributed by atoms with Crippen molar-refractivity contribution in [3.05, 3.63) is 66.6 Å². The lowest BCUT2D eigenvalue weighted by atomic mass is 10.1. The Labute approximate surface area is 208 Å². The summed E-state index contributed by atoms with van der Waals surface area (Å²) in [4.78, 5) is 13.5. The molecule has 0 aliphatic carbocycles. The molecule has 9 heteroatoms. The molecular weight excluding hydrogens is 454 g/mol. The number of fused-ring (bicyclic) bond motifs is 2. The van der Waals surface area contributed by atoms with Gasteiger partial charge in [-0.1, -0.05) is 0 Å². The van der Waals surface area contributed by atoms with E-state index >= 15 is 0 Å². The van der Waals surface area contributed by atoms with Crippen LogP contribution in [0.4, 0.5) is 11.5 Å². The topological polar surface area (TPSA) is 99.0 Å². The first kappa shape index (κ1) is 22.2. The van der Waals surface area contributed by atoms with Crippen LogP contribution in [0.1, 0.15) is 18.4 Å². The van der Waals surface area contributed by atoms with Gasteiger partial charge in [0, 0.05) is 36.5 Å². The van der Waals surface area contributed by atoms with E-state index in [1.807, 2.05) is 68.7 Å². The Kier molecular flexibility index (Phi) is 5.82. The number of nitrogens with zero attached hydrogens (tertiary/aromatic N) is 5. The van der Waals surface area contributed by atoms with E-state index in [9.17, 15) is 0 Å². The molecule has 0 saturated carbocycles. The molecule has 2 N–H and O–H groups in total. The predicted octanol–water partition coefficient (Wildman–Crippen LogP) is 4.89. The number of nitrogens with one attached hydrogen (secondary N) is 2. The van der Waals surface area contributed by atoms with Crippen LogP contribution in [-0.4, -0.2) is 43.9 Å². The summed E-state index contributed by atoms with van der Waals surface area (Å²) in [6, 6.07) is 15.7. The van der Waals surface area contributed by atoms with Crippen LogP contribution in [0, 0.1) is 6.92 Å². The SMILES string of the molecule is Cc1cc(Nc2ncnc3ccc(OC4CCNCC4)nc23)ccc1Oc1ccc2cn(C)nc2c1. The summed E-state index contributed by atoms with van der Waals surface area (Å²) in [7, 11) is 1.91. The van der Waals surface area contributed by atoms with Crippen LogP contribution in [0.15, 0.2) is 61.1 Å². The Bertz CT molecular complexity index is 1540. The minimum atomic E-state index is 0.172. The average Bonchev–Trinajstić information content (AvgIpc) is 3.26. The molecule has 0 unspecified atom stereocenters. The smallest absolute Gasteiger partial charge is 0.214 e.